The predicted octanol–water partition coefficient (Wildman–Crippen LogP) is 6.08. The molecule has 2 atom stereocenters. The molecule has 5 aromatic rings. The van der Waals surface area contributed by atoms with E-state index in [2.05, 4.69) is 9.98 Å². The first kappa shape index (κ1) is 34.0. The lowest BCUT2D eigenvalue weighted by Gasteiger charge is -2.33. The first-order valence-electron chi connectivity index (χ1n) is 15.0. The third-order valence-electron chi connectivity index (χ3n) is 8.04. The summed E-state index contributed by atoms with van der Waals surface area (Å²) in [6.07, 6.45) is 1.56. The van der Waals surface area contributed by atoms with Gasteiger partial charge >= 0.3 is 5.97 Å². The second kappa shape index (κ2) is 14.0. The zero-order valence-electron chi connectivity index (χ0n) is 26.3. The number of amidine groups is 1. The molecule has 11 nitrogen and oxygen atoms in total. The lowest BCUT2D eigenvalue weighted by molar-refractivity contribution is -0.139. The van der Waals surface area contributed by atoms with E-state index in [1.165, 1.54) is 36.4 Å². The topological polar surface area (TPSA) is 177 Å². The van der Waals surface area contributed by atoms with Crippen molar-refractivity contribution in [3.05, 3.63) is 137 Å². The second-order valence-corrected chi connectivity index (χ2v) is 12.8. The van der Waals surface area contributed by atoms with Crippen molar-refractivity contribution in [3.8, 4) is 28.9 Å². The number of nitrogens with one attached hydrogen (secondary N) is 1. The lowest BCUT2D eigenvalue weighted by atomic mass is 9.90. The molecule has 0 aliphatic carbocycles. The Morgan fingerprint density at radius 3 is 2.24 bits per heavy atom. The van der Waals surface area contributed by atoms with Crippen molar-refractivity contribution in [3.63, 3.8) is 0 Å². The molecule has 0 saturated carbocycles. The van der Waals surface area contributed by atoms with Gasteiger partial charge in [-0.25, -0.2) is 14.2 Å². The number of nitrogens with zero attached hydrogens (tertiary/aromatic N) is 3. The summed E-state index contributed by atoms with van der Waals surface area (Å²) >= 11 is -2.28. The lowest BCUT2D eigenvalue weighted by Crippen LogP contribution is -2.45. The van der Waals surface area contributed by atoms with Crippen LogP contribution in [0.15, 0.2) is 113 Å². The number of benzene rings is 4. The van der Waals surface area contributed by atoms with Gasteiger partial charge < -0.3 is 30.0 Å². The number of rotatable bonds is 11. The summed E-state index contributed by atoms with van der Waals surface area (Å²) in [6, 6.07) is 24.4. The Labute approximate surface area is 288 Å². The van der Waals surface area contributed by atoms with Crippen LogP contribution in [0.4, 0.5) is 8.78 Å². The van der Waals surface area contributed by atoms with E-state index >= 15 is 8.78 Å². The number of phenols is 1. The van der Waals surface area contributed by atoms with Crippen LogP contribution < -0.4 is 15.2 Å². The number of carboxylic acid groups (broad SMARTS) is 1. The van der Waals surface area contributed by atoms with Gasteiger partial charge in [-0.1, -0.05) is 60.7 Å². The van der Waals surface area contributed by atoms with Gasteiger partial charge in [0.1, 0.15) is 17.8 Å². The molecule has 0 saturated heterocycles. The van der Waals surface area contributed by atoms with Crippen molar-refractivity contribution in [1.82, 2.24) is 9.88 Å². The van der Waals surface area contributed by atoms with E-state index < -0.39 is 57.1 Å². The van der Waals surface area contributed by atoms with Gasteiger partial charge in [0.15, 0.2) is 22.2 Å². The van der Waals surface area contributed by atoms with Crippen LogP contribution in [0.2, 0.25) is 0 Å². The summed E-state index contributed by atoms with van der Waals surface area (Å²) in [7, 11) is 1.75. The molecule has 4 aromatic carbocycles. The van der Waals surface area contributed by atoms with E-state index in [0.29, 0.717) is 12.7 Å². The summed E-state index contributed by atoms with van der Waals surface area (Å²) in [4.78, 5) is 23.3. The number of halogens is 2. The maximum atomic E-state index is 15.9. The highest BCUT2D eigenvalue weighted by atomic mass is 32.2. The van der Waals surface area contributed by atoms with Crippen LogP contribution in [0.25, 0.3) is 0 Å². The molecule has 2 heterocycles. The first-order chi connectivity index (χ1) is 24.0. The third-order valence-corrected chi connectivity index (χ3v) is 9.92. The largest absolute Gasteiger partial charge is 0.610 e. The minimum atomic E-state index is -2.28. The molecule has 0 amide bonds. The highest BCUT2D eigenvalue weighted by Gasteiger charge is 2.55. The standard InChI is InChI=1S/C36H29F2N5O6S/c1-43-17-16-41-33(43)25-19-24(50(47)36(35(45)46,22-8-4-2-5-9-22)23-10-6-3-7-11-23)13-15-28(25)48-31-26(37)20-42-34(30(31)38)49-29-18-21(32(39)40)12-14-27(29)44/h2-16,18-20,33,44H,17H2,1H3,(H3,39,40)(H,45,46). The zero-order chi connectivity index (χ0) is 35.6. The number of aromatic hydroxyl groups is 1. The average Bonchev–Trinajstić information content (AvgIpc) is 3.55. The fourth-order valence-corrected chi connectivity index (χ4v) is 7.19. The SMILES string of the molecule is CN1CC=NC1c1cc([S+]([O-])C(C(=O)O)(c2ccccc2)c2ccccc2)ccc1Oc1c(F)cnc(Oc2cc(C(=N)N)ccc2O)c1F. The molecular weight excluding hydrogens is 668 g/mol. The molecule has 0 radical (unpaired) electrons. The van der Waals surface area contributed by atoms with Crippen LogP contribution in [0.5, 0.6) is 28.9 Å². The number of hydrogen-bond donors (Lipinski definition) is 4. The number of aliphatic carboxylic acids is 1. The number of aromatic nitrogens is 1. The Balaban J connectivity index is 1.44. The van der Waals surface area contributed by atoms with Crippen molar-refractivity contribution in [1.29, 1.82) is 5.41 Å². The van der Waals surface area contributed by atoms with Crippen LogP contribution in [0.3, 0.4) is 0 Å². The maximum Gasteiger partial charge on any atom is 0.370 e. The molecule has 5 N–H and O–H groups in total. The normalized spacial score (nSPS) is 15.1. The number of carboxylic acids is 1. The van der Waals surface area contributed by atoms with Gasteiger partial charge in [-0.15, -0.1) is 0 Å². The molecule has 254 valence electrons. The smallest absolute Gasteiger partial charge is 0.370 e. The Hall–Kier alpha value is -5.83. The fourth-order valence-electron chi connectivity index (χ4n) is 5.55. The second-order valence-electron chi connectivity index (χ2n) is 11.2. The molecule has 0 bridgehead atoms. The van der Waals surface area contributed by atoms with Crippen LogP contribution in [-0.4, -0.2) is 56.3 Å². The van der Waals surface area contributed by atoms with E-state index in [0.717, 1.165) is 0 Å². The molecule has 14 heteroatoms. The maximum absolute atomic E-state index is 15.9. The zero-order valence-corrected chi connectivity index (χ0v) is 27.1. The molecule has 1 aromatic heterocycles. The van der Waals surface area contributed by atoms with Gasteiger partial charge in [-0.2, -0.15) is 4.39 Å². The van der Waals surface area contributed by atoms with Gasteiger partial charge in [-0.3, -0.25) is 15.3 Å². The number of carbonyl (C=O) groups is 1. The average molecular weight is 698 g/mol. The fraction of sp³-hybridized carbons (Fsp3) is 0.111. The van der Waals surface area contributed by atoms with Crippen molar-refractivity contribution < 1.29 is 37.8 Å². The highest BCUT2D eigenvalue weighted by Crippen LogP contribution is 2.45. The molecule has 6 rings (SSSR count). The Morgan fingerprint density at radius 1 is 1.00 bits per heavy atom. The van der Waals surface area contributed by atoms with Crippen molar-refractivity contribution in [2.75, 3.05) is 13.6 Å². The molecule has 0 spiro atoms. The minimum Gasteiger partial charge on any atom is -0.610 e. The summed E-state index contributed by atoms with van der Waals surface area (Å²) in [5.74, 6) is -6.65. The molecule has 2 unspecified atom stereocenters. The predicted molar refractivity (Wildman–Crippen MR) is 181 cm³/mol. The van der Waals surface area contributed by atoms with Gasteiger partial charge in [0.25, 0.3) is 10.6 Å². The van der Waals surface area contributed by atoms with E-state index in [1.54, 1.807) is 78.8 Å². The van der Waals surface area contributed by atoms with Gasteiger partial charge in [0.05, 0.1) is 6.20 Å². The monoisotopic (exact) mass is 697 g/mol. The van der Waals surface area contributed by atoms with Crippen LogP contribution in [-0.2, 0) is 20.7 Å². The molecule has 0 fully saturated rings. The molecule has 1 aliphatic rings. The van der Waals surface area contributed by atoms with Gasteiger partial charge in [-0.05, 0) is 37.4 Å². The van der Waals surface area contributed by atoms with E-state index in [1.807, 2.05) is 0 Å². The Bertz CT molecular complexity index is 2070. The van der Waals surface area contributed by atoms with Crippen LogP contribution >= 0.6 is 0 Å². The number of aliphatic imine (C=N–C) groups is 1. The molecule has 50 heavy (non-hydrogen) atoms. The van der Waals surface area contributed by atoms with E-state index in [9.17, 15) is 19.6 Å². The summed E-state index contributed by atoms with van der Waals surface area (Å²) in [5, 5.41) is 28.7. The number of pyridine rings is 1. The molecule has 1 aliphatic heterocycles. The van der Waals surface area contributed by atoms with Crippen molar-refractivity contribution in [2.24, 2.45) is 10.7 Å². The quantitative estimate of drug-likeness (QED) is 0.0723. The highest BCUT2D eigenvalue weighted by molar-refractivity contribution is 7.93. The van der Waals surface area contributed by atoms with Crippen molar-refractivity contribution in [2.45, 2.75) is 15.8 Å². The van der Waals surface area contributed by atoms with E-state index in [4.69, 9.17) is 20.6 Å². The number of phenolic OH excluding ortho intramolecular Hbond substituents is 1. The molecular formula is C36H29F2N5O6S. The van der Waals surface area contributed by atoms with Gasteiger partial charge in [0.2, 0.25) is 11.6 Å². The van der Waals surface area contributed by atoms with E-state index in [-0.39, 0.29) is 44.5 Å². The minimum absolute atomic E-state index is 0.0710. The summed E-state index contributed by atoms with van der Waals surface area (Å²) in [5.41, 5.74) is 6.50. The summed E-state index contributed by atoms with van der Waals surface area (Å²) < 4.78 is 55.0. The van der Waals surface area contributed by atoms with Crippen LogP contribution in [0.1, 0.15) is 28.4 Å². The Morgan fingerprint density at radius 2 is 1.66 bits per heavy atom. The summed E-state index contributed by atoms with van der Waals surface area (Å²) in [6.45, 7) is 0.420. The van der Waals surface area contributed by atoms with Crippen LogP contribution in [0, 0.1) is 17.0 Å². The number of nitrogen functional groups attached to an aromatic ring is 1. The number of hydrogen-bond acceptors (Lipinski definition) is 9. The Kier molecular flexibility index (Phi) is 9.50. The number of ether oxygens (including phenoxy) is 2. The van der Waals surface area contributed by atoms with Crippen molar-refractivity contribution >= 4 is 29.2 Å². The third kappa shape index (κ3) is 6.22. The number of nitrogens with two attached hydrogens (primary N) is 1. The first-order valence-corrected chi connectivity index (χ1v) is 16.2. The van der Waals surface area contributed by atoms with Gasteiger partial charge in [0, 0.05) is 52.3 Å².